The fourth-order valence-electron chi connectivity index (χ4n) is 8.35. The fourth-order valence-corrected chi connectivity index (χ4v) is 8.35. The average Bonchev–Trinajstić information content (AvgIpc) is 3.66. The topological polar surface area (TPSA) is 63.8 Å². The van der Waals surface area contributed by atoms with E-state index in [1.807, 2.05) is 36.7 Å². The Balaban J connectivity index is 1.36. The molecule has 0 radical (unpaired) electrons. The lowest BCUT2D eigenvalue weighted by Gasteiger charge is -2.28. The first-order chi connectivity index (χ1) is 29.4. The van der Waals surface area contributed by atoms with Crippen LogP contribution in [0.3, 0.4) is 0 Å². The summed E-state index contributed by atoms with van der Waals surface area (Å²) in [5.41, 5.74) is 15.9. The van der Waals surface area contributed by atoms with Crippen molar-refractivity contribution in [2.45, 2.75) is 59.3 Å². The molecule has 0 unspecified atom stereocenters. The lowest BCUT2D eigenvalue weighted by molar-refractivity contribution is 0.446. The molecule has 0 aliphatic heterocycles. The van der Waals surface area contributed by atoms with Gasteiger partial charge in [0, 0.05) is 40.2 Å². The number of phenols is 1. The van der Waals surface area contributed by atoms with Crippen LogP contribution in [0, 0.1) is 6.92 Å². The van der Waals surface area contributed by atoms with Gasteiger partial charge in [0.05, 0.1) is 16.9 Å². The van der Waals surface area contributed by atoms with Crippen molar-refractivity contribution in [2.75, 3.05) is 0 Å². The number of nitrogens with zero attached hydrogens (tertiary/aromatic N) is 4. The van der Waals surface area contributed by atoms with Crippen molar-refractivity contribution in [3.05, 3.63) is 187 Å². The maximum absolute atomic E-state index is 12.5. The van der Waals surface area contributed by atoms with Gasteiger partial charge in [-0.3, -0.25) is 9.55 Å². The third kappa shape index (κ3) is 7.42. The van der Waals surface area contributed by atoms with E-state index in [1.165, 1.54) is 0 Å². The molecular weight excluding hydrogens is 745 g/mol. The van der Waals surface area contributed by atoms with Crippen molar-refractivity contribution in [2.24, 2.45) is 0 Å². The molecule has 61 heavy (non-hydrogen) atoms. The molecule has 0 aliphatic carbocycles. The summed E-state index contributed by atoms with van der Waals surface area (Å²) in [6.45, 7) is 15.2. The normalized spacial score (nSPS) is 11.9. The molecular formula is C56H50N4O. The number of para-hydroxylation sites is 1. The van der Waals surface area contributed by atoms with Gasteiger partial charge in [0.25, 0.3) is 0 Å². The van der Waals surface area contributed by atoms with Gasteiger partial charge in [-0.15, -0.1) is 0 Å². The molecule has 1 N–H and O–H groups in total. The molecule has 9 aromatic rings. The van der Waals surface area contributed by atoms with E-state index in [9.17, 15) is 5.11 Å². The maximum atomic E-state index is 12.5. The van der Waals surface area contributed by atoms with Crippen molar-refractivity contribution in [3.8, 4) is 78.6 Å². The molecule has 0 bridgehead atoms. The largest absolute Gasteiger partial charge is 0.507 e. The molecule has 3 heterocycles. The van der Waals surface area contributed by atoms with Crippen LogP contribution in [0.2, 0.25) is 0 Å². The predicted octanol–water partition coefficient (Wildman–Crippen LogP) is 14.4. The molecule has 5 nitrogen and oxygen atoms in total. The Labute approximate surface area is 359 Å². The van der Waals surface area contributed by atoms with Gasteiger partial charge in [-0.2, -0.15) is 0 Å². The van der Waals surface area contributed by atoms with Gasteiger partial charge in [-0.1, -0.05) is 175 Å². The SMILES string of the molecule is Cc1cnc(-c2cccc(-c3ccnc4c3nc(-c3cc(C(C)(C)C)cc(C(C)(C)C)c3O)n4-c3c(-c4ccccc4)cccc3-c3ccccc3)c2)cc1-c1ccccc1. The van der Waals surface area contributed by atoms with Crippen LogP contribution in [0.5, 0.6) is 5.75 Å². The quantitative estimate of drug-likeness (QED) is 0.175. The fraction of sp³-hybridized carbons (Fsp3) is 0.161. The van der Waals surface area contributed by atoms with Crippen LogP contribution in [-0.2, 0) is 10.8 Å². The minimum atomic E-state index is -0.345. The van der Waals surface area contributed by atoms with Crippen LogP contribution >= 0.6 is 0 Å². The van der Waals surface area contributed by atoms with E-state index in [4.69, 9.17) is 15.0 Å². The van der Waals surface area contributed by atoms with Gasteiger partial charge in [-0.25, -0.2) is 9.97 Å². The third-order valence-corrected chi connectivity index (χ3v) is 11.7. The van der Waals surface area contributed by atoms with Gasteiger partial charge in [0.2, 0.25) is 0 Å². The predicted molar refractivity (Wildman–Crippen MR) is 253 cm³/mol. The second kappa shape index (κ2) is 15.5. The standard InChI is InChI=1S/C56H50N4O/c1-36-35-58-49(34-46(36)39-23-15-10-16-24-39)41-26-17-25-40(31-41)43-29-30-57-54-50(43)59-53(47-32-42(55(2,3)4)33-48(52(47)61)56(5,6)7)60(54)51-44(37-19-11-8-12-20-37)27-18-28-45(51)38-21-13-9-14-22-38/h8-35,61H,1-7H3. The molecule has 9 rings (SSSR count). The first-order valence-corrected chi connectivity index (χ1v) is 21.0. The lowest BCUT2D eigenvalue weighted by atomic mass is 9.79. The summed E-state index contributed by atoms with van der Waals surface area (Å²) in [7, 11) is 0. The number of hydrogen-bond acceptors (Lipinski definition) is 4. The number of fused-ring (bicyclic) bond motifs is 1. The highest BCUT2D eigenvalue weighted by Crippen LogP contribution is 2.46. The van der Waals surface area contributed by atoms with E-state index in [0.717, 1.165) is 83.7 Å². The van der Waals surface area contributed by atoms with Crippen molar-refractivity contribution in [3.63, 3.8) is 0 Å². The number of rotatable bonds is 7. The average molecular weight is 795 g/mol. The Kier molecular flexibility index (Phi) is 9.99. The summed E-state index contributed by atoms with van der Waals surface area (Å²) in [5.74, 6) is 0.840. The number of aromatic hydroxyl groups is 1. The number of imidazole rings is 1. The van der Waals surface area contributed by atoms with E-state index in [1.54, 1.807) is 0 Å². The molecule has 300 valence electrons. The Bertz CT molecular complexity index is 2990. The smallest absolute Gasteiger partial charge is 0.165 e. The molecule has 0 spiro atoms. The molecule has 3 aromatic heterocycles. The second-order valence-electron chi connectivity index (χ2n) is 18.0. The summed E-state index contributed by atoms with van der Waals surface area (Å²) >= 11 is 0. The van der Waals surface area contributed by atoms with E-state index in [0.29, 0.717) is 17.0 Å². The van der Waals surface area contributed by atoms with Gasteiger partial charge in [0.15, 0.2) is 11.5 Å². The molecule has 0 saturated heterocycles. The zero-order valence-electron chi connectivity index (χ0n) is 35.9. The van der Waals surface area contributed by atoms with Crippen molar-refractivity contribution in [1.82, 2.24) is 19.5 Å². The highest BCUT2D eigenvalue weighted by atomic mass is 16.3. The Morgan fingerprint density at radius 1 is 0.492 bits per heavy atom. The van der Waals surface area contributed by atoms with Gasteiger partial charge in [-0.05, 0) is 81.0 Å². The molecule has 0 fully saturated rings. The Hall–Kier alpha value is -7.11. The number of aryl methyl sites for hydroxylation is 1. The van der Waals surface area contributed by atoms with E-state index < -0.39 is 0 Å². The number of aromatic nitrogens is 4. The van der Waals surface area contributed by atoms with E-state index in [-0.39, 0.29) is 16.6 Å². The Morgan fingerprint density at radius 3 is 1.64 bits per heavy atom. The summed E-state index contributed by atoms with van der Waals surface area (Å²) in [5, 5.41) is 12.5. The summed E-state index contributed by atoms with van der Waals surface area (Å²) < 4.78 is 2.19. The van der Waals surface area contributed by atoms with Crippen molar-refractivity contribution in [1.29, 1.82) is 0 Å². The first-order valence-electron chi connectivity index (χ1n) is 21.0. The van der Waals surface area contributed by atoms with Crippen LogP contribution in [0.1, 0.15) is 58.2 Å². The number of hydrogen-bond donors (Lipinski definition) is 1. The van der Waals surface area contributed by atoms with Crippen LogP contribution in [-0.4, -0.2) is 24.6 Å². The number of pyridine rings is 2. The highest BCUT2D eigenvalue weighted by molar-refractivity contribution is 5.97. The van der Waals surface area contributed by atoms with Crippen LogP contribution < -0.4 is 0 Å². The minimum Gasteiger partial charge on any atom is -0.507 e. The zero-order valence-corrected chi connectivity index (χ0v) is 35.9. The first kappa shape index (κ1) is 39.4. The molecule has 5 heteroatoms. The number of phenolic OH excluding ortho intramolecular Hbond substituents is 1. The van der Waals surface area contributed by atoms with Gasteiger partial charge in [0.1, 0.15) is 11.3 Å². The molecule has 0 aliphatic rings. The summed E-state index contributed by atoms with van der Waals surface area (Å²) in [6.07, 6.45) is 3.84. The molecule has 0 atom stereocenters. The van der Waals surface area contributed by atoms with Gasteiger partial charge < -0.3 is 5.11 Å². The minimum absolute atomic E-state index is 0.204. The number of benzene rings is 6. The zero-order chi connectivity index (χ0) is 42.5. The van der Waals surface area contributed by atoms with E-state index >= 15 is 0 Å². The highest BCUT2D eigenvalue weighted by Gasteiger charge is 2.30. The van der Waals surface area contributed by atoms with Crippen LogP contribution in [0.15, 0.2) is 170 Å². The van der Waals surface area contributed by atoms with Crippen LogP contribution in [0.25, 0.3) is 84.0 Å². The third-order valence-electron chi connectivity index (χ3n) is 11.7. The summed E-state index contributed by atoms with van der Waals surface area (Å²) in [4.78, 5) is 15.7. The van der Waals surface area contributed by atoms with Gasteiger partial charge >= 0.3 is 0 Å². The molecule has 0 saturated carbocycles. The Morgan fingerprint density at radius 2 is 1.05 bits per heavy atom. The van der Waals surface area contributed by atoms with Crippen molar-refractivity contribution < 1.29 is 5.11 Å². The maximum Gasteiger partial charge on any atom is 0.165 e. The molecule has 6 aromatic carbocycles. The summed E-state index contributed by atoms with van der Waals surface area (Å²) in [6, 6.07) is 55.0. The monoisotopic (exact) mass is 794 g/mol. The van der Waals surface area contributed by atoms with Crippen molar-refractivity contribution >= 4 is 11.2 Å². The second-order valence-corrected chi connectivity index (χ2v) is 18.0. The van der Waals surface area contributed by atoms with E-state index in [2.05, 4.69) is 186 Å². The lowest BCUT2D eigenvalue weighted by Crippen LogP contribution is -2.17. The van der Waals surface area contributed by atoms with Crippen LogP contribution in [0.4, 0.5) is 0 Å². The molecule has 0 amide bonds.